The summed E-state index contributed by atoms with van der Waals surface area (Å²) in [5, 5.41) is 8.99. The molecule has 1 heterocycles. The van der Waals surface area contributed by atoms with Crippen LogP contribution in [0.4, 0.5) is 0 Å². The lowest BCUT2D eigenvalue weighted by Crippen LogP contribution is -2.48. The molecule has 21 heavy (non-hydrogen) atoms. The number of nitriles is 1. The third-order valence-electron chi connectivity index (χ3n) is 3.95. The van der Waals surface area contributed by atoms with E-state index in [4.69, 9.17) is 14.7 Å². The Kier molecular flexibility index (Phi) is 4.07. The van der Waals surface area contributed by atoms with Crippen LogP contribution < -0.4 is 4.74 Å². The molecule has 110 valence electrons. The lowest BCUT2D eigenvalue weighted by atomic mass is 10.2. The topological polar surface area (TPSA) is 62.6 Å². The SMILES string of the molecule is N#Cc1ccccc1OCC(=O)N1CCOC(C2CC2)C1. The van der Waals surface area contributed by atoms with Crippen LogP contribution >= 0.6 is 0 Å². The Hall–Kier alpha value is -2.06. The van der Waals surface area contributed by atoms with Crippen LogP contribution in [-0.4, -0.2) is 43.2 Å². The molecule has 0 bridgehead atoms. The van der Waals surface area contributed by atoms with Gasteiger partial charge in [-0.1, -0.05) is 12.1 Å². The van der Waals surface area contributed by atoms with Crippen molar-refractivity contribution in [1.29, 1.82) is 5.26 Å². The maximum Gasteiger partial charge on any atom is 0.260 e. The van der Waals surface area contributed by atoms with Crippen LogP contribution in [0.3, 0.4) is 0 Å². The quantitative estimate of drug-likeness (QED) is 0.843. The van der Waals surface area contributed by atoms with E-state index in [9.17, 15) is 4.79 Å². The Bertz CT molecular complexity index is 563. The number of carbonyl (C=O) groups is 1. The van der Waals surface area contributed by atoms with Crippen LogP contribution in [-0.2, 0) is 9.53 Å². The fourth-order valence-electron chi connectivity index (χ4n) is 2.57. The Morgan fingerprint density at radius 1 is 1.43 bits per heavy atom. The van der Waals surface area contributed by atoms with Crippen molar-refractivity contribution in [3.05, 3.63) is 29.8 Å². The van der Waals surface area contributed by atoms with Gasteiger partial charge in [0, 0.05) is 13.1 Å². The van der Waals surface area contributed by atoms with Gasteiger partial charge in [0.25, 0.3) is 5.91 Å². The Morgan fingerprint density at radius 2 is 2.24 bits per heavy atom. The number of ether oxygens (including phenoxy) is 2. The summed E-state index contributed by atoms with van der Waals surface area (Å²) in [4.78, 5) is 14.0. The summed E-state index contributed by atoms with van der Waals surface area (Å²) in [5.41, 5.74) is 0.447. The van der Waals surface area contributed by atoms with Crippen molar-refractivity contribution in [3.8, 4) is 11.8 Å². The minimum atomic E-state index is -0.0447. The molecule has 1 atom stereocenters. The molecule has 1 aromatic rings. The molecule has 1 saturated heterocycles. The zero-order valence-corrected chi connectivity index (χ0v) is 11.8. The maximum atomic E-state index is 12.2. The first kappa shape index (κ1) is 13.9. The first-order valence-corrected chi connectivity index (χ1v) is 7.29. The molecular weight excluding hydrogens is 268 g/mol. The fraction of sp³-hybridized carbons (Fsp3) is 0.500. The molecule has 5 heteroatoms. The van der Waals surface area contributed by atoms with E-state index < -0.39 is 0 Å². The molecule has 0 spiro atoms. The van der Waals surface area contributed by atoms with Gasteiger partial charge < -0.3 is 14.4 Å². The predicted molar refractivity (Wildman–Crippen MR) is 75.7 cm³/mol. The number of hydrogen-bond acceptors (Lipinski definition) is 4. The van der Waals surface area contributed by atoms with E-state index in [2.05, 4.69) is 6.07 Å². The Morgan fingerprint density at radius 3 is 3.00 bits per heavy atom. The number of amides is 1. The van der Waals surface area contributed by atoms with Gasteiger partial charge in [0.2, 0.25) is 0 Å². The zero-order valence-electron chi connectivity index (χ0n) is 11.8. The summed E-state index contributed by atoms with van der Waals surface area (Å²) in [6, 6.07) is 9.01. The smallest absolute Gasteiger partial charge is 0.260 e. The minimum absolute atomic E-state index is 0.0317. The van der Waals surface area contributed by atoms with Crippen LogP contribution in [0.5, 0.6) is 5.75 Å². The molecule has 1 aliphatic heterocycles. The molecule has 0 aromatic heterocycles. The number of para-hydroxylation sites is 1. The molecule has 2 fully saturated rings. The van der Waals surface area contributed by atoms with Crippen LogP contribution in [0, 0.1) is 17.2 Å². The lowest BCUT2D eigenvalue weighted by molar-refractivity contribution is -0.141. The van der Waals surface area contributed by atoms with Crippen molar-refractivity contribution < 1.29 is 14.3 Å². The molecule has 1 amide bonds. The summed E-state index contributed by atoms with van der Waals surface area (Å²) in [6.45, 7) is 1.84. The molecule has 1 saturated carbocycles. The number of benzene rings is 1. The van der Waals surface area contributed by atoms with E-state index in [-0.39, 0.29) is 18.6 Å². The fourth-order valence-corrected chi connectivity index (χ4v) is 2.57. The lowest BCUT2D eigenvalue weighted by Gasteiger charge is -2.33. The number of carbonyl (C=O) groups excluding carboxylic acids is 1. The zero-order chi connectivity index (χ0) is 14.7. The van der Waals surface area contributed by atoms with Crippen LogP contribution in [0.15, 0.2) is 24.3 Å². The highest BCUT2D eigenvalue weighted by Gasteiger charge is 2.36. The first-order valence-electron chi connectivity index (χ1n) is 7.29. The molecule has 0 radical (unpaired) electrons. The predicted octanol–water partition coefficient (Wildman–Crippen LogP) is 1.57. The monoisotopic (exact) mass is 286 g/mol. The highest BCUT2D eigenvalue weighted by atomic mass is 16.5. The van der Waals surface area contributed by atoms with Gasteiger partial charge in [-0.3, -0.25) is 4.79 Å². The average Bonchev–Trinajstić information content (AvgIpc) is 3.38. The molecule has 1 unspecified atom stereocenters. The van der Waals surface area contributed by atoms with Gasteiger partial charge in [0.05, 0.1) is 18.3 Å². The third kappa shape index (κ3) is 3.34. The van der Waals surface area contributed by atoms with Gasteiger partial charge in [-0.15, -0.1) is 0 Å². The van der Waals surface area contributed by atoms with E-state index in [0.717, 1.165) is 0 Å². The van der Waals surface area contributed by atoms with Gasteiger partial charge in [-0.05, 0) is 30.9 Å². The Labute approximate surface area is 124 Å². The number of morpholine rings is 1. The Balaban J connectivity index is 1.55. The van der Waals surface area contributed by atoms with E-state index in [1.165, 1.54) is 12.8 Å². The van der Waals surface area contributed by atoms with Gasteiger partial charge in [0.1, 0.15) is 11.8 Å². The van der Waals surface area contributed by atoms with Crippen molar-refractivity contribution in [2.45, 2.75) is 18.9 Å². The summed E-state index contributed by atoms with van der Waals surface area (Å²) in [6.07, 6.45) is 2.60. The van der Waals surface area contributed by atoms with Crippen molar-refractivity contribution in [2.24, 2.45) is 5.92 Å². The van der Waals surface area contributed by atoms with Gasteiger partial charge >= 0.3 is 0 Å². The second-order valence-corrected chi connectivity index (χ2v) is 5.48. The number of nitrogens with zero attached hydrogens (tertiary/aromatic N) is 2. The second kappa shape index (κ2) is 6.15. The normalized spacial score (nSPS) is 21.7. The number of rotatable bonds is 4. The average molecular weight is 286 g/mol. The molecular formula is C16H18N2O3. The van der Waals surface area contributed by atoms with E-state index >= 15 is 0 Å². The van der Waals surface area contributed by atoms with E-state index in [0.29, 0.717) is 36.9 Å². The van der Waals surface area contributed by atoms with Crippen molar-refractivity contribution in [2.75, 3.05) is 26.3 Å². The van der Waals surface area contributed by atoms with Gasteiger partial charge in [-0.25, -0.2) is 0 Å². The van der Waals surface area contributed by atoms with Crippen molar-refractivity contribution >= 4 is 5.91 Å². The summed E-state index contributed by atoms with van der Waals surface area (Å²) in [7, 11) is 0. The molecule has 3 rings (SSSR count). The molecule has 1 aliphatic carbocycles. The molecule has 2 aliphatic rings. The molecule has 5 nitrogen and oxygen atoms in total. The van der Waals surface area contributed by atoms with Crippen molar-refractivity contribution in [1.82, 2.24) is 4.90 Å². The minimum Gasteiger partial charge on any atom is -0.482 e. The third-order valence-corrected chi connectivity index (χ3v) is 3.95. The highest BCUT2D eigenvalue weighted by Crippen LogP contribution is 2.35. The summed E-state index contributed by atoms with van der Waals surface area (Å²) < 4.78 is 11.2. The van der Waals surface area contributed by atoms with Crippen LogP contribution in [0.25, 0.3) is 0 Å². The number of hydrogen-bond donors (Lipinski definition) is 0. The molecule has 0 N–H and O–H groups in total. The van der Waals surface area contributed by atoms with Crippen LogP contribution in [0.1, 0.15) is 18.4 Å². The van der Waals surface area contributed by atoms with Crippen molar-refractivity contribution in [3.63, 3.8) is 0 Å². The first-order chi connectivity index (χ1) is 10.3. The molecule has 1 aromatic carbocycles. The highest BCUT2D eigenvalue weighted by molar-refractivity contribution is 5.78. The summed E-state index contributed by atoms with van der Waals surface area (Å²) in [5.74, 6) is 1.04. The van der Waals surface area contributed by atoms with E-state index in [1.54, 1.807) is 24.3 Å². The largest absolute Gasteiger partial charge is 0.482 e. The van der Waals surface area contributed by atoms with E-state index in [1.807, 2.05) is 4.90 Å². The maximum absolute atomic E-state index is 12.2. The van der Waals surface area contributed by atoms with Gasteiger partial charge in [0.15, 0.2) is 6.61 Å². The van der Waals surface area contributed by atoms with Gasteiger partial charge in [-0.2, -0.15) is 5.26 Å². The standard InChI is InChI=1S/C16H18N2O3/c17-9-13-3-1-2-4-14(13)21-11-16(19)18-7-8-20-15(10-18)12-5-6-12/h1-4,12,15H,5-8,10-11H2. The summed E-state index contributed by atoms with van der Waals surface area (Å²) >= 11 is 0. The second-order valence-electron chi connectivity index (χ2n) is 5.48. The van der Waals surface area contributed by atoms with Crippen LogP contribution in [0.2, 0.25) is 0 Å².